The molecule has 3 amide bonds. The highest BCUT2D eigenvalue weighted by Gasteiger charge is 2.32. The van der Waals surface area contributed by atoms with Gasteiger partial charge in [-0.05, 0) is 18.8 Å². The molecular formula is C19H31N3O9. The van der Waals surface area contributed by atoms with E-state index in [9.17, 15) is 28.8 Å². The summed E-state index contributed by atoms with van der Waals surface area (Å²) in [5, 5.41) is 24.8. The van der Waals surface area contributed by atoms with Crippen LogP contribution in [0.15, 0.2) is 0 Å². The van der Waals surface area contributed by atoms with Crippen LogP contribution in [0.1, 0.15) is 39.5 Å². The van der Waals surface area contributed by atoms with Crippen molar-refractivity contribution in [2.24, 2.45) is 11.8 Å². The molecule has 0 aromatic rings. The molecule has 5 N–H and O–H groups in total. The molecule has 0 bridgehead atoms. The average molecular weight is 445 g/mol. The molecule has 0 radical (unpaired) electrons. The van der Waals surface area contributed by atoms with Crippen LogP contribution >= 0.6 is 0 Å². The lowest BCUT2D eigenvalue weighted by Gasteiger charge is -2.23. The van der Waals surface area contributed by atoms with Crippen LogP contribution in [0, 0.1) is 11.8 Å². The molecule has 0 aliphatic heterocycles. The number of hydrogen-bond acceptors (Lipinski definition) is 7. The first-order valence-corrected chi connectivity index (χ1v) is 9.78. The third-order valence-corrected chi connectivity index (χ3v) is 4.11. The Hall–Kier alpha value is -3.02. The Balaban J connectivity index is 5.39. The number of carbonyl (C=O) groups excluding carboxylic acids is 4. The lowest BCUT2D eigenvalue weighted by atomic mass is 9.94. The monoisotopic (exact) mass is 445 g/mol. The summed E-state index contributed by atoms with van der Waals surface area (Å²) in [5.74, 6) is -6.22. The quantitative estimate of drug-likeness (QED) is 0.112. The number of nitrogens with one attached hydrogen (secondary N) is 3. The van der Waals surface area contributed by atoms with Crippen molar-refractivity contribution in [3.8, 4) is 0 Å². The molecule has 176 valence electrons. The van der Waals surface area contributed by atoms with Crippen LogP contribution in [0.25, 0.3) is 0 Å². The molecule has 0 aromatic carbocycles. The number of aldehydes is 1. The van der Waals surface area contributed by atoms with Gasteiger partial charge in [-0.1, -0.05) is 13.8 Å². The summed E-state index contributed by atoms with van der Waals surface area (Å²) in [5.41, 5.74) is 0. The fourth-order valence-corrected chi connectivity index (χ4v) is 2.62. The lowest BCUT2D eigenvalue weighted by Crippen LogP contribution is -2.52. The van der Waals surface area contributed by atoms with Crippen LogP contribution in [0.5, 0.6) is 0 Å². The van der Waals surface area contributed by atoms with E-state index in [0.29, 0.717) is 0 Å². The second-order valence-electron chi connectivity index (χ2n) is 7.31. The van der Waals surface area contributed by atoms with Crippen LogP contribution in [-0.4, -0.2) is 78.5 Å². The fraction of sp³-hybridized carbons (Fsp3) is 0.684. The number of carboxylic acid groups (broad SMARTS) is 2. The molecule has 0 aliphatic rings. The van der Waals surface area contributed by atoms with E-state index in [-0.39, 0.29) is 38.2 Å². The third kappa shape index (κ3) is 12.3. The Morgan fingerprint density at radius 2 is 1.58 bits per heavy atom. The lowest BCUT2D eigenvalue weighted by molar-refractivity contribution is -0.142. The summed E-state index contributed by atoms with van der Waals surface area (Å²) < 4.78 is 4.82. The maximum atomic E-state index is 12.8. The number of hydrogen-bond donors (Lipinski definition) is 5. The number of amides is 3. The zero-order chi connectivity index (χ0) is 24.0. The maximum absolute atomic E-state index is 12.8. The van der Waals surface area contributed by atoms with Gasteiger partial charge in [0, 0.05) is 20.1 Å². The van der Waals surface area contributed by atoms with Gasteiger partial charge in [-0.15, -0.1) is 0 Å². The highest BCUT2D eigenvalue weighted by atomic mass is 16.5. The van der Waals surface area contributed by atoms with Crippen LogP contribution < -0.4 is 16.0 Å². The minimum absolute atomic E-state index is 0.0628. The third-order valence-electron chi connectivity index (χ3n) is 4.11. The molecular weight excluding hydrogens is 414 g/mol. The summed E-state index contributed by atoms with van der Waals surface area (Å²) in [4.78, 5) is 70.4. The molecule has 0 heterocycles. The SMILES string of the molecule is COCCNC(=O)C(CCC(=O)O)NC(=O)C(CC(C)C)C(=O)NC(C=O)CC(=O)O. The Labute approximate surface area is 180 Å². The summed E-state index contributed by atoms with van der Waals surface area (Å²) >= 11 is 0. The topological polar surface area (TPSA) is 188 Å². The number of aliphatic carboxylic acids is 2. The van der Waals surface area contributed by atoms with Gasteiger partial charge in [0.2, 0.25) is 17.7 Å². The molecule has 0 saturated carbocycles. The Kier molecular flexibility index (Phi) is 13.4. The molecule has 0 rings (SSSR count). The van der Waals surface area contributed by atoms with Crippen molar-refractivity contribution in [1.29, 1.82) is 0 Å². The Morgan fingerprint density at radius 1 is 0.968 bits per heavy atom. The number of carbonyl (C=O) groups is 6. The van der Waals surface area contributed by atoms with E-state index in [4.69, 9.17) is 14.9 Å². The van der Waals surface area contributed by atoms with E-state index in [1.54, 1.807) is 13.8 Å². The van der Waals surface area contributed by atoms with Crippen LogP contribution in [-0.2, 0) is 33.5 Å². The summed E-state index contributed by atoms with van der Waals surface area (Å²) in [6.45, 7) is 3.85. The Bertz CT molecular complexity index is 652. The highest BCUT2D eigenvalue weighted by Crippen LogP contribution is 2.14. The molecule has 12 nitrogen and oxygen atoms in total. The fourth-order valence-electron chi connectivity index (χ4n) is 2.62. The van der Waals surface area contributed by atoms with Crippen molar-refractivity contribution >= 4 is 35.9 Å². The predicted octanol–water partition coefficient (Wildman–Crippen LogP) is -1.08. The molecule has 0 spiro atoms. The van der Waals surface area contributed by atoms with Crippen LogP contribution in [0.4, 0.5) is 0 Å². The second kappa shape index (κ2) is 14.9. The van der Waals surface area contributed by atoms with E-state index in [0.717, 1.165) is 0 Å². The summed E-state index contributed by atoms with van der Waals surface area (Å²) in [6, 6.07) is -2.52. The largest absolute Gasteiger partial charge is 0.481 e. The first-order valence-electron chi connectivity index (χ1n) is 9.78. The Morgan fingerprint density at radius 3 is 2.06 bits per heavy atom. The van der Waals surface area contributed by atoms with Crippen molar-refractivity contribution in [3.63, 3.8) is 0 Å². The van der Waals surface area contributed by atoms with Gasteiger partial charge in [0.1, 0.15) is 18.2 Å². The smallest absolute Gasteiger partial charge is 0.305 e. The van der Waals surface area contributed by atoms with E-state index >= 15 is 0 Å². The average Bonchev–Trinajstić information content (AvgIpc) is 2.67. The zero-order valence-corrected chi connectivity index (χ0v) is 17.9. The van der Waals surface area contributed by atoms with Gasteiger partial charge < -0.3 is 35.7 Å². The van der Waals surface area contributed by atoms with Crippen molar-refractivity contribution < 1.29 is 43.7 Å². The van der Waals surface area contributed by atoms with Crippen molar-refractivity contribution in [2.45, 2.75) is 51.6 Å². The predicted molar refractivity (Wildman–Crippen MR) is 107 cm³/mol. The minimum Gasteiger partial charge on any atom is -0.481 e. The van der Waals surface area contributed by atoms with Crippen molar-refractivity contribution in [2.75, 3.05) is 20.3 Å². The molecule has 31 heavy (non-hydrogen) atoms. The number of ether oxygens (including phenoxy) is 1. The first-order chi connectivity index (χ1) is 14.5. The molecule has 3 atom stereocenters. The van der Waals surface area contributed by atoms with Crippen LogP contribution in [0.2, 0.25) is 0 Å². The normalized spacial score (nSPS) is 13.5. The van der Waals surface area contributed by atoms with E-state index in [2.05, 4.69) is 16.0 Å². The first kappa shape index (κ1) is 28.0. The number of methoxy groups -OCH3 is 1. The molecule has 0 aromatic heterocycles. The number of carboxylic acids is 2. The molecule has 0 aliphatic carbocycles. The van der Waals surface area contributed by atoms with E-state index < -0.39 is 60.5 Å². The van der Waals surface area contributed by atoms with Gasteiger partial charge in [0.05, 0.1) is 19.1 Å². The van der Waals surface area contributed by atoms with Gasteiger partial charge in [0.25, 0.3) is 0 Å². The molecule has 12 heteroatoms. The second-order valence-corrected chi connectivity index (χ2v) is 7.31. The summed E-state index contributed by atoms with van der Waals surface area (Å²) in [7, 11) is 1.43. The highest BCUT2D eigenvalue weighted by molar-refractivity contribution is 6.02. The van der Waals surface area contributed by atoms with Crippen molar-refractivity contribution in [3.05, 3.63) is 0 Å². The standard InChI is InChI=1S/C19H31N3O9/c1-11(2)8-13(17(28)21-12(10-23)9-16(26)27)18(29)22-14(4-5-15(24)25)19(30)20-6-7-31-3/h10-14H,4-9H2,1-3H3,(H,20,30)(H,21,28)(H,22,29)(H,24,25)(H,26,27). The zero-order valence-electron chi connectivity index (χ0n) is 17.9. The minimum atomic E-state index is -1.31. The van der Waals surface area contributed by atoms with Crippen molar-refractivity contribution in [1.82, 2.24) is 16.0 Å². The van der Waals surface area contributed by atoms with Gasteiger partial charge in [-0.25, -0.2) is 0 Å². The molecule has 0 saturated heterocycles. The molecule has 3 unspecified atom stereocenters. The van der Waals surface area contributed by atoms with Crippen LogP contribution in [0.3, 0.4) is 0 Å². The van der Waals surface area contributed by atoms with Gasteiger partial charge in [-0.3, -0.25) is 24.0 Å². The van der Waals surface area contributed by atoms with Gasteiger partial charge >= 0.3 is 11.9 Å². The van der Waals surface area contributed by atoms with E-state index in [1.807, 2.05) is 0 Å². The van der Waals surface area contributed by atoms with Gasteiger partial charge in [0.15, 0.2) is 0 Å². The van der Waals surface area contributed by atoms with E-state index in [1.165, 1.54) is 7.11 Å². The van der Waals surface area contributed by atoms with Gasteiger partial charge in [-0.2, -0.15) is 0 Å². The molecule has 0 fully saturated rings. The maximum Gasteiger partial charge on any atom is 0.305 e. The number of rotatable bonds is 16. The summed E-state index contributed by atoms with van der Waals surface area (Å²) in [6.07, 6.45) is -0.918.